The minimum atomic E-state index is -0.563. The summed E-state index contributed by atoms with van der Waals surface area (Å²) in [5.41, 5.74) is 5.27. The van der Waals surface area contributed by atoms with Gasteiger partial charge in [0.05, 0.1) is 16.0 Å². The summed E-state index contributed by atoms with van der Waals surface area (Å²) in [4.78, 5) is 28.6. The molecule has 0 saturated carbocycles. The number of hydrogen-bond acceptors (Lipinski definition) is 8. The maximum absolute atomic E-state index is 11.7. The van der Waals surface area contributed by atoms with Crippen molar-refractivity contribution in [1.82, 2.24) is 9.88 Å². The highest BCUT2D eigenvalue weighted by molar-refractivity contribution is 6.32. The van der Waals surface area contributed by atoms with Gasteiger partial charge >= 0.3 is 0 Å². The molecule has 3 aromatic rings. The Balaban J connectivity index is 0.00000187. The highest BCUT2D eigenvalue weighted by atomic mass is 35.5. The van der Waals surface area contributed by atoms with Gasteiger partial charge < -0.3 is 20.1 Å². The van der Waals surface area contributed by atoms with E-state index in [1.54, 1.807) is 24.4 Å². The number of benzene rings is 2. The van der Waals surface area contributed by atoms with Crippen LogP contribution >= 0.6 is 11.6 Å². The zero-order valence-corrected chi connectivity index (χ0v) is 19.5. The molecule has 0 unspecified atom stereocenters. The number of nitro benzene ring substituents is 1. The van der Waals surface area contributed by atoms with Crippen LogP contribution in [0.2, 0.25) is 5.02 Å². The Morgan fingerprint density at radius 2 is 1.88 bits per heavy atom. The van der Waals surface area contributed by atoms with Gasteiger partial charge in [-0.1, -0.05) is 25.4 Å². The zero-order chi connectivity index (χ0) is 24.4. The minimum Gasteiger partial charge on any atom is -0.491 e. The van der Waals surface area contributed by atoms with E-state index in [2.05, 4.69) is 29.5 Å². The summed E-state index contributed by atoms with van der Waals surface area (Å²) in [7, 11) is 1.50. The van der Waals surface area contributed by atoms with Crippen molar-refractivity contribution >= 4 is 34.5 Å². The molecule has 2 N–H and O–H groups in total. The van der Waals surface area contributed by atoms with E-state index in [1.165, 1.54) is 25.2 Å². The molecule has 176 valence electrons. The number of aromatic nitrogens is 1. The molecule has 1 aromatic heterocycles. The summed E-state index contributed by atoms with van der Waals surface area (Å²) < 4.78 is 11.7. The van der Waals surface area contributed by atoms with Crippen LogP contribution in [0.15, 0.2) is 42.6 Å². The molecular weight excluding hydrogens is 448 g/mol. The smallest absolute Gasteiger partial charge is 0.288 e. The fourth-order valence-corrected chi connectivity index (χ4v) is 3.36. The normalized spacial score (nSPS) is 10.5. The molecule has 0 fully saturated rings. The predicted octanol–water partition coefficient (Wildman–Crippen LogP) is 4.70. The number of hydrogen-bond donors (Lipinski definition) is 1. The molecule has 33 heavy (non-hydrogen) atoms. The molecule has 0 bridgehead atoms. The third-order valence-corrected chi connectivity index (χ3v) is 5.17. The third-order valence-electron chi connectivity index (χ3n) is 4.86. The highest BCUT2D eigenvalue weighted by Gasteiger charge is 2.15. The van der Waals surface area contributed by atoms with Gasteiger partial charge in [0, 0.05) is 36.3 Å². The maximum atomic E-state index is 11.7. The Morgan fingerprint density at radius 1 is 1.15 bits per heavy atom. The summed E-state index contributed by atoms with van der Waals surface area (Å²) in [6.45, 7) is 7.21. The molecule has 0 aliphatic carbocycles. The summed E-state index contributed by atoms with van der Waals surface area (Å²) in [6.07, 6.45) is 2.30. The van der Waals surface area contributed by atoms with Crippen LogP contribution in [0, 0.1) is 10.1 Å². The van der Waals surface area contributed by atoms with Crippen molar-refractivity contribution in [3.63, 3.8) is 0 Å². The number of carbonyl (C=O) groups is 1. The summed E-state index contributed by atoms with van der Waals surface area (Å²) in [6, 6.07) is 9.12. The van der Waals surface area contributed by atoms with E-state index in [-0.39, 0.29) is 10.7 Å². The number of pyridine rings is 1. The third kappa shape index (κ3) is 6.61. The minimum absolute atomic E-state index is 0.0293. The van der Waals surface area contributed by atoms with Gasteiger partial charge in [0.25, 0.3) is 5.69 Å². The van der Waals surface area contributed by atoms with Crippen LogP contribution in [0.1, 0.15) is 24.2 Å². The average molecular weight is 475 g/mol. The number of aldehydes is 1. The number of nitrogens with zero attached hydrogens (tertiary/aromatic N) is 3. The van der Waals surface area contributed by atoms with E-state index in [0.717, 1.165) is 25.9 Å². The van der Waals surface area contributed by atoms with Crippen molar-refractivity contribution in [1.29, 1.82) is 0 Å². The van der Waals surface area contributed by atoms with Crippen LogP contribution in [0.4, 0.5) is 5.69 Å². The lowest BCUT2D eigenvalue weighted by Gasteiger charge is -2.18. The molecule has 0 spiro atoms. The van der Waals surface area contributed by atoms with Crippen molar-refractivity contribution in [2.75, 3.05) is 33.3 Å². The number of nitro groups is 1. The fourth-order valence-electron chi connectivity index (χ4n) is 3.12. The van der Waals surface area contributed by atoms with Crippen LogP contribution in [0.5, 0.6) is 17.2 Å². The highest BCUT2D eigenvalue weighted by Crippen LogP contribution is 2.35. The van der Waals surface area contributed by atoms with Crippen molar-refractivity contribution < 1.29 is 19.2 Å². The number of ether oxygens (including phenoxy) is 2. The van der Waals surface area contributed by atoms with E-state index in [9.17, 15) is 14.9 Å². The topological polar surface area (TPSA) is 121 Å². The maximum Gasteiger partial charge on any atom is 0.288 e. The van der Waals surface area contributed by atoms with Crippen LogP contribution in [0.25, 0.3) is 10.9 Å². The van der Waals surface area contributed by atoms with Gasteiger partial charge in [-0.05, 0) is 38.3 Å². The lowest BCUT2D eigenvalue weighted by molar-refractivity contribution is -0.384. The second-order valence-electron chi connectivity index (χ2n) is 6.68. The second kappa shape index (κ2) is 12.7. The van der Waals surface area contributed by atoms with E-state index in [4.69, 9.17) is 21.1 Å². The first kappa shape index (κ1) is 26.0. The molecule has 0 aliphatic rings. The molecule has 0 saturated heterocycles. The van der Waals surface area contributed by atoms with Crippen LogP contribution in [0.3, 0.4) is 0 Å². The van der Waals surface area contributed by atoms with Gasteiger partial charge in [-0.2, -0.15) is 0 Å². The van der Waals surface area contributed by atoms with Gasteiger partial charge in [0.2, 0.25) is 0 Å². The zero-order valence-electron chi connectivity index (χ0n) is 18.8. The standard InChI is InChI=1S/C22H22ClN3O5.CH5N/c1-3-25(4-2)9-10-30-22-13-19-17(11-15(22)14-27)21(7-8-24-19)31-16-5-6-20(26(28)29)18(23)12-16;1-2/h5-8,11-14H,3-4,9-10H2,1-2H3;2H2,1H3. The van der Waals surface area contributed by atoms with E-state index >= 15 is 0 Å². The predicted molar refractivity (Wildman–Crippen MR) is 129 cm³/mol. The van der Waals surface area contributed by atoms with Crippen molar-refractivity contribution in [3.8, 4) is 17.2 Å². The van der Waals surface area contributed by atoms with Crippen molar-refractivity contribution in [2.24, 2.45) is 5.73 Å². The van der Waals surface area contributed by atoms with Gasteiger partial charge in [-0.15, -0.1) is 0 Å². The molecule has 2 aromatic carbocycles. The number of halogens is 1. The van der Waals surface area contributed by atoms with Crippen LogP contribution in [-0.2, 0) is 0 Å². The summed E-state index contributed by atoms with van der Waals surface area (Å²) in [5.74, 6) is 1.22. The Morgan fingerprint density at radius 3 is 2.48 bits per heavy atom. The lowest BCUT2D eigenvalue weighted by atomic mass is 10.1. The molecule has 0 amide bonds. The van der Waals surface area contributed by atoms with Gasteiger partial charge in [0.15, 0.2) is 6.29 Å². The van der Waals surface area contributed by atoms with E-state index in [0.29, 0.717) is 40.3 Å². The monoisotopic (exact) mass is 474 g/mol. The number of rotatable bonds is 10. The molecule has 9 nitrogen and oxygen atoms in total. The molecule has 1 heterocycles. The fraction of sp³-hybridized carbons (Fsp3) is 0.304. The SMILES string of the molecule is CCN(CC)CCOc1cc2nccc(Oc3ccc([N+](=O)[O-])c(Cl)c3)c2cc1C=O.CN. The quantitative estimate of drug-likeness (QED) is 0.255. The van der Waals surface area contributed by atoms with E-state index in [1.807, 2.05) is 0 Å². The van der Waals surface area contributed by atoms with Crippen LogP contribution < -0.4 is 15.2 Å². The number of fused-ring (bicyclic) bond motifs is 1. The first-order chi connectivity index (χ1) is 16.0. The molecule has 0 atom stereocenters. The van der Waals surface area contributed by atoms with E-state index < -0.39 is 4.92 Å². The Bertz CT molecular complexity index is 1110. The number of nitrogens with two attached hydrogens (primary N) is 1. The van der Waals surface area contributed by atoms with Crippen LogP contribution in [-0.4, -0.2) is 54.4 Å². The van der Waals surface area contributed by atoms with Gasteiger partial charge in [0.1, 0.15) is 28.9 Å². The first-order valence-electron chi connectivity index (χ1n) is 10.4. The van der Waals surface area contributed by atoms with Gasteiger partial charge in [-0.25, -0.2) is 0 Å². The first-order valence-corrected chi connectivity index (χ1v) is 10.8. The molecule has 0 aliphatic heterocycles. The molecular formula is C23H27ClN4O5. The Labute approximate surface area is 197 Å². The Hall–Kier alpha value is -3.27. The van der Waals surface area contributed by atoms with Crippen molar-refractivity contribution in [2.45, 2.75) is 13.8 Å². The van der Waals surface area contributed by atoms with Gasteiger partial charge in [-0.3, -0.25) is 19.9 Å². The second-order valence-corrected chi connectivity index (χ2v) is 7.09. The van der Waals surface area contributed by atoms with Crippen molar-refractivity contribution in [3.05, 3.63) is 63.3 Å². The molecule has 0 radical (unpaired) electrons. The molecule has 10 heteroatoms. The summed E-state index contributed by atoms with van der Waals surface area (Å²) in [5, 5.41) is 11.5. The number of likely N-dealkylation sites (N-methyl/N-ethyl adjacent to an activating group) is 1. The average Bonchev–Trinajstić information content (AvgIpc) is 2.82. The lowest BCUT2D eigenvalue weighted by Crippen LogP contribution is -2.28. The largest absolute Gasteiger partial charge is 0.491 e. The molecule has 3 rings (SSSR count). The summed E-state index contributed by atoms with van der Waals surface area (Å²) >= 11 is 5.97. The Kier molecular flexibility index (Phi) is 9.99. The number of carbonyl (C=O) groups excluding carboxylic acids is 1.